The van der Waals surface area contributed by atoms with Crippen molar-refractivity contribution in [3.8, 4) is 11.5 Å². The van der Waals surface area contributed by atoms with Crippen LogP contribution in [0.25, 0.3) is 0 Å². The second-order valence-corrected chi connectivity index (χ2v) is 5.46. The summed E-state index contributed by atoms with van der Waals surface area (Å²) in [5.41, 5.74) is 0.479. The summed E-state index contributed by atoms with van der Waals surface area (Å²) < 4.78 is 10.3. The quantitative estimate of drug-likeness (QED) is 0.662. The Morgan fingerprint density at radius 1 is 1.29 bits per heavy atom. The summed E-state index contributed by atoms with van der Waals surface area (Å²) in [6.07, 6.45) is -0.121. The van der Waals surface area contributed by atoms with Crippen molar-refractivity contribution in [1.82, 2.24) is 10.2 Å². The molecule has 0 bridgehead atoms. The number of methoxy groups -OCH3 is 2. The number of aliphatic carboxylic acids is 1. The number of nitrogens with zero attached hydrogens (tertiary/aromatic N) is 1. The fourth-order valence-electron chi connectivity index (χ4n) is 2.65. The van der Waals surface area contributed by atoms with Gasteiger partial charge < -0.3 is 25.2 Å². The molecule has 1 aliphatic heterocycles. The molecule has 1 heterocycles. The zero-order chi connectivity index (χ0) is 17.5. The minimum absolute atomic E-state index is 0.121. The Balaban J connectivity index is 2.04. The first-order valence-corrected chi connectivity index (χ1v) is 7.74. The summed E-state index contributed by atoms with van der Waals surface area (Å²) in [6, 6.07) is 4.18. The maximum Gasteiger partial charge on any atom is 0.321 e. The number of carbonyl (C=O) groups is 2. The van der Waals surface area contributed by atoms with Crippen LogP contribution in [0.4, 0.5) is 5.69 Å². The molecule has 1 aromatic rings. The van der Waals surface area contributed by atoms with Crippen molar-refractivity contribution in [2.45, 2.75) is 12.5 Å². The summed E-state index contributed by atoms with van der Waals surface area (Å²) in [5.74, 6) is -0.302. The third kappa shape index (κ3) is 4.59. The Morgan fingerprint density at radius 3 is 2.58 bits per heavy atom. The number of anilines is 1. The smallest absolute Gasteiger partial charge is 0.321 e. The lowest BCUT2D eigenvalue weighted by atomic mass is 10.1. The van der Waals surface area contributed by atoms with Crippen molar-refractivity contribution in [1.29, 1.82) is 0 Å². The fourth-order valence-corrected chi connectivity index (χ4v) is 2.65. The van der Waals surface area contributed by atoms with Crippen molar-refractivity contribution in [2.75, 3.05) is 45.7 Å². The third-order valence-corrected chi connectivity index (χ3v) is 3.94. The number of hydrogen-bond acceptors (Lipinski definition) is 6. The highest BCUT2D eigenvalue weighted by molar-refractivity contribution is 5.95. The summed E-state index contributed by atoms with van der Waals surface area (Å²) in [6.45, 7) is 2.65. The van der Waals surface area contributed by atoms with Crippen molar-refractivity contribution < 1.29 is 24.2 Å². The third-order valence-electron chi connectivity index (χ3n) is 3.94. The number of carboxylic acids is 1. The second kappa shape index (κ2) is 8.51. The lowest BCUT2D eigenvalue weighted by molar-refractivity contribution is -0.145. The Bertz CT molecular complexity index is 587. The van der Waals surface area contributed by atoms with Gasteiger partial charge in [0.2, 0.25) is 5.91 Å². The number of carboxylic acid groups (broad SMARTS) is 1. The zero-order valence-electron chi connectivity index (χ0n) is 13.9. The molecule has 0 aromatic heterocycles. The standard InChI is InChI=1S/C16H23N3O5/c1-23-11-3-4-12(14(9-11)24-2)18-15(20)10-13(16(21)22)19-7-5-17-6-8-19/h3-4,9,13,17H,5-8,10H2,1-2H3,(H,18,20)(H,21,22). The molecular weight excluding hydrogens is 314 g/mol. The number of rotatable bonds is 7. The number of piperazine rings is 1. The number of nitrogens with one attached hydrogen (secondary N) is 2. The van der Waals surface area contributed by atoms with Gasteiger partial charge in [-0.1, -0.05) is 0 Å². The number of hydrogen-bond donors (Lipinski definition) is 3. The van der Waals surface area contributed by atoms with Gasteiger partial charge >= 0.3 is 5.97 Å². The first-order valence-electron chi connectivity index (χ1n) is 7.74. The Morgan fingerprint density at radius 2 is 2.00 bits per heavy atom. The molecule has 0 saturated carbocycles. The summed E-state index contributed by atoms with van der Waals surface area (Å²) in [4.78, 5) is 25.6. The molecule has 24 heavy (non-hydrogen) atoms. The van der Waals surface area contributed by atoms with Crippen LogP contribution in [-0.4, -0.2) is 68.3 Å². The van der Waals surface area contributed by atoms with Crippen LogP contribution in [0.15, 0.2) is 18.2 Å². The lowest BCUT2D eigenvalue weighted by Crippen LogP contribution is -2.52. The minimum Gasteiger partial charge on any atom is -0.497 e. The van der Waals surface area contributed by atoms with Gasteiger partial charge in [-0.25, -0.2) is 0 Å². The van der Waals surface area contributed by atoms with E-state index in [2.05, 4.69) is 10.6 Å². The average molecular weight is 337 g/mol. The van der Waals surface area contributed by atoms with Gasteiger partial charge in [-0.3, -0.25) is 14.5 Å². The van der Waals surface area contributed by atoms with E-state index in [0.29, 0.717) is 30.3 Å². The van der Waals surface area contributed by atoms with Crippen molar-refractivity contribution in [3.63, 3.8) is 0 Å². The summed E-state index contributed by atoms with van der Waals surface area (Å²) in [7, 11) is 3.03. The molecule has 0 spiro atoms. The van der Waals surface area contributed by atoms with E-state index in [0.717, 1.165) is 13.1 Å². The second-order valence-electron chi connectivity index (χ2n) is 5.46. The maximum absolute atomic E-state index is 12.3. The van der Waals surface area contributed by atoms with Gasteiger partial charge in [-0.2, -0.15) is 0 Å². The number of carbonyl (C=O) groups excluding carboxylic acids is 1. The van der Waals surface area contributed by atoms with Crippen LogP contribution in [0.3, 0.4) is 0 Å². The maximum atomic E-state index is 12.3. The van der Waals surface area contributed by atoms with Crippen molar-refractivity contribution in [2.24, 2.45) is 0 Å². The van der Waals surface area contributed by atoms with E-state index < -0.39 is 12.0 Å². The number of ether oxygens (including phenoxy) is 2. The van der Waals surface area contributed by atoms with Gasteiger partial charge in [0.15, 0.2) is 0 Å². The predicted octanol–water partition coefficient (Wildman–Crippen LogP) is 0.391. The SMILES string of the molecule is COc1ccc(NC(=O)CC(C(=O)O)N2CCNCC2)c(OC)c1. The molecule has 8 nitrogen and oxygen atoms in total. The number of amides is 1. The van der Waals surface area contributed by atoms with E-state index in [9.17, 15) is 14.7 Å². The molecule has 1 fully saturated rings. The highest BCUT2D eigenvalue weighted by Crippen LogP contribution is 2.29. The first kappa shape index (κ1) is 18.0. The van der Waals surface area contributed by atoms with Gasteiger partial charge in [0.05, 0.1) is 26.3 Å². The molecule has 2 rings (SSSR count). The molecule has 1 unspecified atom stereocenters. The fraction of sp³-hybridized carbons (Fsp3) is 0.500. The van der Waals surface area contributed by atoms with E-state index in [-0.39, 0.29) is 12.3 Å². The molecule has 0 radical (unpaired) electrons. The van der Waals surface area contributed by atoms with Crippen LogP contribution in [0.2, 0.25) is 0 Å². The topological polar surface area (TPSA) is 100 Å². The summed E-state index contributed by atoms with van der Waals surface area (Å²) in [5, 5.41) is 15.3. The minimum atomic E-state index is -0.992. The van der Waals surface area contributed by atoms with Gasteiger partial charge in [-0.15, -0.1) is 0 Å². The van der Waals surface area contributed by atoms with E-state index in [1.54, 1.807) is 18.2 Å². The van der Waals surface area contributed by atoms with Crippen LogP contribution < -0.4 is 20.1 Å². The van der Waals surface area contributed by atoms with Crippen molar-refractivity contribution in [3.05, 3.63) is 18.2 Å². The molecule has 1 atom stereocenters. The van der Waals surface area contributed by atoms with Gasteiger partial charge in [-0.05, 0) is 12.1 Å². The Kier molecular flexibility index (Phi) is 6.39. The van der Waals surface area contributed by atoms with Crippen LogP contribution in [0, 0.1) is 0 Å². The normalized spacial score (nSPS) is 16.2. The van der Waals surface area contributed by atoms with E-state index in [1.807, 2.05) is 4.90 Å². The van der Waals surface area contributed by atoms with Crippen LogP contribution in [0.5, 0.6) is 11.5 Å². The highest BCUT2D eigenvalue weighted by atomic mass is 16.5. The largest absolute Gasteiger partial charge is 0.497 e. The number of benzene rings is 1. The molecule has 1 aliphatic rings. The Hall–Kier alpha value is -2.32. The molecule has 1 amide bonds. The van der Waals surface area contributed by atoms with E-state index in [4.69, 9.17) is 9.47 Å². The molecule has 1 aromatic carbocycles. The summed E-state index contributed by atoms with van der Waals surface area (Å²) >= 11 is 0. The first-order chi connectivity index (χ1) is 11.5. The van der Waals surface area contributed by atoms with Crippen LogP contribution in [0.1, 0.15) is 6.42 Å². The monoisotopic (exact) mass is 337 g/mol. The molecule has 0 aliphatic carbocycles. The lowest BCUT2D eigenvalue weighted by Gasteiger charge is -2.32. The van der Waals surface area contributed by atoms with Gasteiger partial charge in [0, 0.05) is 32.2 Å². The Labute approximate surface area is 140 Å². The molecule has 132 valence electrons. The predicted molar refractivity (Wildman–Crippen MR) is 88.7 cm³/mol. The molecule has 3 N–H and O–H groups in total. The van der Waals surface area contributed by atoms with Gasteiger partial charge in [0.25, 0.3) is 0 Å². The van der Waals surface area contributed by atoms with Gasteiger partial charge in [0.1, 0.15) is 17.5 Å². The molecular formula is C16H23N3O5. The van der Waals surface area contributed by atoms with E-state index in [1.165, 1.54) is 14.2 Å². The van der Waals surface area contributed by atoms with Crippen LogP contribution in [-0.2, 0) is 9.59 Å². The molecule has 1 saturated heterocycles. The van der Waals surface area contributed by atoms with Crippen LogP contribution >= 0.6 is 0 Å². The average Bonchev–Trinajstić information content (AvgIpc) is 2.60. The van der Waals surface area contributed by atoms with E-state index >= 15 is 0 Å². The van der Waals surface area contributed by atoms with Crippen molar-refractivity contribution >= 4 is 17.6 Å². The zero-order valence-corrected chi connectivity index (χ0v) is 13.9. The highest BCUT2D eigenvalue weighted by Gasteiger charge is 2.29. The molecule has 8 heteroatoms.